The molecule has 1 aliphatic rings. The predicted octanol–water partition coefficient (Wildman–Crippen LogP) is 4.43. The zero-order valence-electron chi connectivity index (χ0n) is 11.9. The van der Waals surface area contributed by atoms with Crippen molar-refractivity contribution in [1.29, 1.82) is 0 Å². The van der Waals surface area contributed by atoms with Crippen LogP contribution in [0.4, 0.5) is 0 Å². The topological polar surface area (TPSA) is 26.0 Å². The van der Waals surface area contributed by atoms with Gasteiger partial charge in [-0.05, 0) is 48.3 Å². The molecule has 0 aliphatic heterocycles. The molecule has 100 valence electrons. The Labute approximate surface area is 112 Å². The highest BCUT2D eigenvalue weighted by molar-refractivity contribution is 5.28. The van der Waals surface area contributed by atoms with Crippen molar-refractivity contribution < 1.29 is 0 Å². The van der Waals surface area contributed by atoms with Gasteiger partial charge in [0.2, 0.25) is 0 Å². The summed E-state index contributed by atoms with van der Waals surface area (Å²) in [6, 6.07) is 9.30. The molecule has 0 amide bonds. The molecule has 18 heavy (non-hydrogen) atoms. The molecule has 1 heteroatoms. The number of benzene rings is 1. The number of hydrogen-bond acceptors (Lipinski definition) is 1. The van der Waals surface area contributed by atoms with Crippen molar-refractivity contribution in [3.63, 3.8) is 0 Å². The van der Waals surface area contributed by atoms with Crippen LogP contribution in [0, 0.1) is 5.92 Å². The van der Waals surface area contributed by atoms with E-state index in [1.807, 2.05) is 0 Å². The van der Waals surface area contributed by atoms with E-state index in [1.165, 1.54) is 43.2 Å². The van der Waals surface area contributed by atoms with Crippen molar-refractivity contribution in [2.75, 3.05) is 6.54 Å². The molecular weight excluding hydrogens is 218 g/mol. The van der Waals surface area contributed by atoms with Crippen LogP contribution in [-0.4, -0.2) is 6.54 Å². The minimum Gasteiger partial charge on any atom is -0.330 e. The van der Waals surface area contributed by atoms with E-state index in [-0.39, 0.29) is 0 Å². The average molecular weight is 245 g/mol. The quantitative estimate of drug-likeness (QED) is 0.834. The van der Waals surface area contributed by atoms with Gasteiger partial charge in [0.1, 0.15) is 0 Å². The largest absolute Gasteiger partial charge is 0.330 e. The molecule has 1 fully saturated rings. The van der Waals surface area contributed by atoms with Crippen molar-refractivity contribution in [1.82, 2.24) is 0 Å². The van der Waals surface area contributed by atoms with Gasteiger partial charge in [0, 0.05) is 0 Å². The van der Waals surface area contributed by atoms with E-state index in [9.17, 15) is 0 Å². The lowest BCUT2D eigenvalue weighted by molar-refractivity contribution is 0.443. The molecule has 0 radical (unpaired) electrons. The zero-order chi connectivity index (χ0) is 13.0. The molecular formula is C17H27N. The minimum atomic E-state index is 0.505. The van der Waals surface area contributed by atoms with Crippen molar-refractivity contribution in [3.05, 3.63) is 35.4 Å². The van der Waals surface area contributed by atoms with Gasteiger partial charge in [-0.3, -0.25) is 0 Å². The fourth-order valence-electron chi connectivity index (χ4n) is 3.24. The molecule has 2 rings (SSSR count). The molecule has 2 N–H and O–H groups in total. The summed E-state index contributed by atoms with van der Waals surface area (Å²) in [5.74, 6) is 1.93. The molecule has 0 saturated heterocycles. The van der Waals surface area contributed by atoms with Crippen LogP contribution in [0.3, 0.4) is 0 Å². The van der Waals surface area contributed by atoms with E-state index in [1.54, 1.807) is 0 Å². The molecule has 0 spiro atoms. The van der Waals surface area contributed by atoms with E-state index in [4.69, 9.17) is 5.73 Å². The SMILES string of the molecule is CC(C)C(CN)c1ccc(C2CCCCC2)cc1. The van der Waals surface area contributed by atoms with Crippen molar-refractivity contribution >= 4 is 0 Å². The molecule has 0 bridgehead atoms. The third-order valence-electron chi connectivity index (χ3n) is 4.50. The molecule has 1 atom stereocenters. The van der Waals surface area contributed by atoms with Crippen molar-refractivity contribution in [3.8, 4) is 0 Å². The Morgan fingerprint density at radius 1 is 1.06 bits per heavy atom. The van der Waals surface area contributed by atoms with E-state index in [2.05, 4.69) is 38.1 Å². The van der Waals surface area contributed by atoms with Gasteiger partial charge in [-0.25, -0.2) is 0 Å². The zero-order valence-corrected chi connectivity index (χ0v) is 11.9. The Hall–Kier alpha value is -0.820. The maximum absolute atomic E-state index is 5.89. The van der Waals surface area contributed by atoms with Crippen LogP contribution in [0.15, 0.2) is 24.3 Å². The first-order valence-corrected chi connectivity index (χ1v) is 7.52. The summed E-state index contributed by atoms with van der Waals surface area (Å²) in [5, 5.41) is 0. The van der Waals surface area contributed by atoms with Gasteiger partial charge in [0.05, 0.1) is 0 Å². The lowest BCUT2D eigenvalue weighted by Gasteiger charge is -2.24. The molecule has 0 heterocycles. The van der Waals surface area contributed by atoms with Gasteiger partial charge in [-0.1, -0.05) is 57.4 Å². The smallest absolute Gasteiger partial charge is 0.000577 e. The van der Waals surface area contributed by atoms with Gasteiger partial charge in [-0.15, -0.1) is 0 Å². The third kappa shape index (κ3) is 3.14. The maximum Gasteiger partial charge on any atom is -0.000577 e. The number of nitrogens with two attached hydrogens (primary N) is 1. The van der Waals surface area contributed by atoms with Gasteiger partial charge in [-0.2, -0.15) is 0 Å². The summed E-state index contributed by atoms with van der Waals surface area (Å²) in [7, 11) is 0. The first kappa shape index (κ1) is 13.6. The Balaban J connectivity index is 2.08. The fraction of sp³-hybridized carbons (Fsp3) is 0.647. The minimum absolute atomic E-state index is 0.505. The van der Waals surface area contributed by atoms with Crippen molar-refractivity contribution in [2.45, 2.75) is 57.8 Å². The lowest BCUT2D eigenvalue weighted by atomic mass is 9.82. The maximum atomic E-state index is 5.89. The standard InChI is InChI=1S/C17H27N/c1-13(2)17(12-18)16-10-8-15(9-11-16)14-6-4-3-5-7-14/h8-11,13-14,17H,3-7,12,18H2,1-2H3. The monoisotopic (exact) mass is 245 g/mol. The Morgan fingerprint density at radius 3 is 2.17 bits per heavy atom. The molecule has 0 aromatic heterocycles. The van der Waals surface area contributed by atoms with Crippen LogP contribution >= 0.6 is 0 Å². The summed E-state index contributed by atoms with van der Waals surface area (Å²) in [6.07, 6.45) is 7.00. The second-order valence-corrected chi connectivity index (χ2v) is 6.09. The fourth-order valence-corrected chi connectivity index (χ4v) is 3.24. The van der Waals surface area contributed by atoms with E-state index >= 15 is 0 Å². The average Bonchev–Trinajstić information content (AvgIpc) is 2.41. The highest BCUT2D eigenvalue weighted by Gasteiger charge is 2.17. The van der Waals surface area contributed by atoms with E-state index < -0.39 is 0 Å². The van der Waals surface area contributed by atoms with Gasteiger partial charge in [0.15, 0.2) is 0 Å². The normalized spacial score (nSPS) is 19.1. The lowest BCUT2D eigenvalue weighted by Crippen LogP contribution is -2.17. The second-order valence-electron chi connectivity index (χ2n) is 6.09. The third-order valence-corrected chi connectivity index (χ3v) is 4.50. The predicted molar refractivity (Wildman–Crippen MR) is 78.9 cm³/mol. The summed E-state index contributed by atoms with van der Waals surface area (Å²) in [4.78, 5) is 0. The molecule has 1 aromatic rings. The summed E-state index contributed by atoms with van der Waals surface area (Å²) < 4.78 is 0. The van der Waals surface area contributed by atoms with Crippen molar-refractivity contribution in [2.24, 2.45) is 11.7 Å². The summed E-state index contributed by atoms with van der Waals surface area (Å²) in [6.45, 7) is 5.26. The van der Waals surface area contributed by atoms with Gasteiger partial charge >= 0.3 is 0 Å². The number of rotatable bonds is 4. The Bertz CT molecular complexity index is 346. The Morgan fingerprint density at radius 2 is 1.67 bits per heavy atom. The summed E-state index contributed by atoms with van der Waals surface area (Å²) in [5.41, 5.74) is 8.84. The first-order chi connectivity index (χ1) is 8.72. The van der Waals surface area contributed by atoms with Crippen LogP contribution in [0.2, 0.25) is 0 Å². The molecule has 1 nitrogen and oxygen atoms in total. The number of hydrogen-bond donors (Lipinski definition) is 1. The van der Waals surface area contributed by atoms with Gasteiger partial charge < -0.3 is 5.73 Å². The van der Waals surface area contributed by atoms with Crippen LogP contribution in [0.5, 0.6) is 0 Å². The highest BCUT2D eigenvalue weighted by atomic mass is 14.6. The molecule has 1 saturated carbocycles. The van der Waals surface area contributed by atoms with E-state index in [0.29, 0.717) is 11.8 Å². The van der Waals surface area contributed by atoms with Crippen LogP contribution in [-0.2, 0) is 0 Å². The van der Waals surface area contributed by atoms with Gasteiger partial charge in [0.25, 0.3) is 0 Å². The van der Waals surface area contributed by atoms with Crippen LogP contribution in [0.25, 0.3) is 0 Å². The molecule has 1 unspecified atom stereocenters. The summed E-state index contributed by atoms with van der Waals surface area (Å²) >= 11 is 0. The van der Waals surface area contributed by atoms with Crippen LogP contribution < -0.4 is 5.73 Å². The molecule has 1 aromatic carbocycles. The van der Waals surface area contributed by atoms with E-state index in [0.717, 1.165) is 12.5 Å². The first-order valence-electron chi connectivity index (χ1n) is 7.52. The molecule has 1 aliphatic carbocycles. The Kier molecular flexibility index (Phi) is 4.82. The highest BCUT2D eigenvalue weighted by Crippen LogP contribution is 2.33. The van der Waals surface area contributed by atoms with Crippen LogP contribution in [0.1, 0.15) is 68.9 Å². The second kappa shape index (κ2) is 6.38.